The molecule has 4 atom stereocenters. The summed E-state index contributed by atoms with van der Waals surface area (Å²) >= 11 is 6.86. The number of benzene rings is 2. The smallest absolute Gasteiger partial charge is 0.136 e. The van der Waals surface area contributed by atoms with E-state index in [9.17, 15) is 9.59 Å². The molecule has 2 aliphatic carbocycles. The van der Waals surface area contributed by atoms with Gasteiger partial charge in [-0.05, 0) is 61.1 Å². The molecule has 2 aromatic rings. The van der Waals surface area contributed by atoms with E-state index in [2.05, 4.69) is 69.3 Å². The summed E-state index contributed by atoms with van der Waals surface area (Å²) in [6.45, 7) is 7.81. The number of hydrogen-bond acceptors (Lipinski definition) is 2. The second-order valence-electron chi connectivity index (χ2n) is 9.26. The van der Waals surface area contributed by atoms with Gasteiger partial charge in [0.25, 0.3) is 0 Å². The summed E-state index contributed by atoms with van der Waals surface area (Å²) in [4.78, 5) is 24.0. The summed E-state index contributed by atoms with van der Waals surface area (Å²) in [6, 6.07) is 16.4. The molecule has 0 radical (unpaired) electrons. The van der Waals surface area contributed by atoms with Crippen molar-refractivity contribution in [1.82, 2.24) is 0 Å². The number of allylic oxidation sites excluding steroid dienone is 2. The third-order valence-electron chi connectivity index (χ3n) is 7.09. The van der Waals surface area contributed by atoms with Crippen molar-refractivity contribution in [2.45, 2.75) is 63.2 Å². The summed E-state index contributed by atoms with van der Waals surface area (Å²) in [5, 5.41) is 0. The SMILES string of the molecule is C=C[C@@H](c1ccc(Br)cc1)[C@H]1CCCCC1=O.C=C[C@@H](c1ccc(Br)cc1)[C@H]1CCCCC1=O. The summed E-state index contributed by atoms with van der Waals surface area (Å²) in [7, 11) is 0. The van der Waals surface area contributed by atoms with Crippen LogP contribution in [0.4, 0.5) is 0 Å². The van der Waals surface area contributed by atoms with Crippen LogP contribution in [0.15, 0.2) is 82.8 Å². The van der Waals surface area contributed by atoms with E-state index in [0.717, 1.165) is 60.3 Å². The van der Waals surface area contributed by atoms with Gasteiger partial charge in [-0.1, -0.05) is 81.1 Å². The number of carbonyl (C=O) groups is 2. The zero-order valence-electron chi connectivity index (χ0n) is 19.7. The molecule has 0 saturated heterocycles. The van der Waals surface area contributed by atoms with E-state index in [4.69, 9.17) is 0 Å². The Bertz CT molecular complexity index is 896. The molecule has 4 rings (SSSR count). The zero-order valence-corrected chi connectivity index (χ0v) is 22.9. The molecule has 0 aliphatic heterocycles. The minimum Gasteiger partial charge on any atom is -0.299 e. The van der Waals surface area contributed by atoms with Crippen molar-refractivity contribution >= 4 is 43.4 Å². The van der Waals surface area contributed by atoms with Crippen molar-refractivity contribution < 1.29 is 9.59 Å². The number of ketones is 2. The van der Waals surface area contributed by atoms with Gasteiger partial charge in [0.15, 0.2) is 0 Å². The molecule has 0 bridgehead atoms. The van der Waals surface area contributed by atoms with Crippen LogP contribution in [0.25, 0.3) is 0 Å². The first-order valence-corrected chi connectivity index (χ1v) is 13.8. The van der Waals surface area contributed by atoms with Crippen molar-refractivity contribution in [3.63, 3.8) is 0 Å². The maximum Gasteiger partial charge on any atom is 0.136 e. The minimum atomic E-state index is 0.141. The van der Waals surface area contributed by atoms with Gasteiger partial charge in [0.2, 0.25) is 0 Å². The molecule has 2 saturated carbocycles. The predicted molar refractivity (Wildman–Crippen MR) is 148 cm³/mol. The highest BCUT2D eigenvalue weighted by Gasteiger charge is 2.30. The Morgan fingerprint density at radius 1 is 0.647 bits per heavy atom. The second kappa shape index (κ2) is 13.3. The summed E-state index contributed by atoms with van der Waals surface area (Å²) < 4.78 is 2.14. The molecule has 2 nitrogen and oxygen atoms in total. The van der Waals surface area contributed by atoms with Gasteiger partial charge in [0.05, 0.1) is 0 Å². The number of carbonyl (C=O) groups excluding carboxylic acids is 2. The van der Waals surface area contributed by atoms with E-state index in [0.29, 0.717) is 11.6 Å². The summed E-state index contributed by atoms with van der Waals surface area (Å²) in [5.74, 6) is 1.45. The van der Waals surface area contributed by atoms with Gasteiger partial charge in [-0.3, -0.25) is 9.59 Å². The normalized spacial score (nSPS) is 22.2. The lowest BCUT2D eigenvalue weighted by atomic mass is 9.76. The quantitative estimate of drug-likeness (QED) is 0.317. The van der Waals surface area contributed by atoms with E-state index in [-0.39, 0.29) is 23.7 Å². The van der Waals surface area contributed by atoms with Crippen LogP contribution in [0.5, 0.6) is 0 Å². The van der Waals surface area contributed by atoms with Crippen molar-refractivity contribution in [2.24, 2.45) is 11.8 Å². The van der Waals surface area contributed by atoms with Crippen LogP contribution in [0.1, 0.15) is 74.3 Å². The van der Waals surface area contributed by atoms with E-state index in [1.807, 2.05) is 36.4 Å². The topological polar surface area (TPSA) is 34.1 Å². The first-order chi connectivity index (χ1) is 16.4. The summed E-state index contributed by atoms with van der Waals surface area (Å²) in [5.41, 5.74) is 2.40. The zero-order chi connectivity index (χ0) is 24.5. The fraction of sp³-hybridized carbons (Fsp3) is 0.400. The van der Waals surface area contributed by atoms with Crippen LogP contribution in [-0.4, -0.2) is 11.6 Å². The largest absolute Gasteiger partial charge is 0.299 e. The summed E-state index contributed by atoms with van der Waals surface area (Å²) in [6.07, 6.45) is 11.8. The molecule has 34 heavy (non-hydrogen) atoms. The molecular weight excluding hydrogens is 552 g/mol. The number of halogens is 2. The molecule has 0 spiro atoms. The molecule has 0 N–H and O–H groups in total. The fourth-order valence-electron chi connectivity index (χ4n) is 5.21. The van der Waals surface area contributed by atoms with Crippen LogP contribution in [-0.2, 0) is 9.59 Å². The molecule has 0 unspecified atom stereocenters. The first-order valence-electron chi connectivity index (χ1n) is 12.3. The van der Waals surface area contributed by atoms with Crippen LogP contribution < -0.4 is 0 Å². The van der Waals surface area contributed by atoms with E-state index >= 15 is 0 Å². The van der Waals surface area contributed by atoms with E-state index in [1.165, 1.54) is 11.1 Å². The molecule has 0 amide bonds. The highest BCUT2D eigenvalue weighted by Crippen LogP contribution is 2.36. The highest BCUT2D eigenvalue weighted by molar-refractivity contribution is 9.10. The van der Waals surface area contributed by atoms with Gasteiger partial charge in [0.1, 0.15) is 11.6 Å². The first kappa shape index (κ1) is 26.8. The molecule has 2 aromatic carbocycles. The monoisotopic (exact) mass is 584 g/mol. The Hall–Kier alpha value is -1.78. The molecule has 2 fully saturated rings. The Labute approximate surface area is 221 Å². The predicted octanol–water partition coefficient (Wildman–Crippen LogP) is 8.96. The molecule has 0 aromatic heterocycles. The molecule has 180 valence electrons. The van der Waals surface area contributed by atoms with Crippen LogP contribution in [0.2, 0.25) is 0 Å². The van der Waals surface area contributed by atoms with Crippen molar-refractivity contribution in [3.05, 3.63) is 93.9 Å². The van der Waals surface area contributed by atoms with E-state index in [1.54, 1.807) is 0 Å². The van der Waals surface area contributed by atoms with Gasteiger partial charge < -0.3 is 0 Å². The maximum absolute atomic E-state index is 12.0. The Morgan fingerprint density at radius 3 is 1.29 bits per heavy atom. The average molecular weight is 586 g/mol. The van der Waals surface area contributed by atoms with Crippen LogP contribution >= 0.6 is 31.9 Å². The third-order valence-corrected chi connectivity index (χ3v) is 8.15. The van der Waals surface area contributed by atoms with Crippen molar-refractivity contribution in [1.29, 1.82) is 0 Å². The van der Waals surface area contributed by atoms with Crippen molar-refractivity contribution in [2.75, 3.05) is 0 Å². The van der Waals surface area contributed by atoms with Gasteiger partial charge >= 0.3 is 0 Å². The number of Topliss-reactive ketones (excluding diaryl/α,β-unsaturated/α-hetero) is 2. The average Bonchev–Trinajstić information content (AvgIpc) is 2.85. The van der Waals surface area contributed by atoms with Gasteiger partial charge in [-0.2, -0.15) is 0 Å². The van der Waals surface area contributed by atoms with Gasteiger partial charge in [-0.15, -0.1) is 13.2 Å². The van der Waals surface area contributed by atoms with Gasteiger partial charge in [-0.25, -0.2) is 0 Å². The Balaban J connectivity index is 0.000000191. The molecule has 2 aliphatic rings. The maximum atomic E-state index is 12.0. The van der Waals surface area contributed by atoms with E-state index < -0.39 is 0 Å². The van der Waals surface area contributed by atoms with Gasteiger partial charge in [0, 0.05) is 45.5 Å². The minimum absolute atomic E-state index is 0.141. The van der Waals surface area contributed by atoms with Crippen LogP contribution in [0.3, 0.4) is 0 Å². The molecular formula is C30H34Br2O2. The number of rotatable bonds is 6. The standard InChI is InChI=1S/2C15H17BrO/c2*1-2-13(11-7-9-12(16)10-8-11)14-5-3-4-6-15(14)17/h2*2,7-10,13-14H,1,3-6H2/t2*13-,14+/m00/s1. The lowest BCUT2D eigenvalue weighted by Crippen LogP contribution is -2.24. The lowest BCUT2D eigenvalue weighted by molar-refractivity contribution is -0.125. The fourth-order valence-corrected chi connectivity index (χ4v) is 5.74. The Kier molecular flexibility index (Phi) is 10.5. The molecule has 4 heteroatoms. The molecule has 0 heterocycles. The van der Waals surface area contributed by atoms with Crippen LogP contribution in [0, 0.1) is 11.8 Å². The third kappa shape index (κ3) is 7.11. The number of hydrogen-bond donors (Lipinski definition) is 0. The lowest BCUT2D eigenvalue weighted by Gasteiger charge is -2.27. The highest BCUT2D eigenvalue weighted by atomic mass is 79.9. The Morgan fingerprint density at radius 2 is 1.00 bits per heavy atom. The van der Waals surface area contributed by atoms with Crippen molar-refractivity contribution in [3.8, 4) is 0 Å². The second-order valence-corrected chi connectivity index (χ2v) is 11.1.